The van der Waals surface area contributed by atoms with Crippen molar-refractivity contribution >= 4 is 21.9 Å². The van der Waals surface area contributed by atoms with Gasteiger partial charge in [-0.25, -0.2) is 13.1 Å². The highest BCUT2D eigenvalue weighted by atomic mass is 32.2. The molecule has 0 aromatic heterocycles. The molecule has 3 N–H and O–H groups in total. The van der Waals surface area contributed by atoms with Crippen molar-refractivity contribution < 1.29 is 23.1 Å². The summed E-state index contributed by atoms with van der Waals surface area (Å²) in [5, 5.41) is 10.8. The number of aliphatic carboxylic acids is 1. The van der Waals surface area contributed by atoms with Crippen molar-refractivity contribution in [3.8, 4) is 0 Å². The molecule has 0 rings (SSSR count). The third-order valence-corrected chi connectivity index (χ3v) is 2.61. The molecule has 0 aromatic carbocycles. The number of sulfonamides is 1. The summed E-state index contributed by atoms with van der Waals surface area (Å²) in [7, 11) is -3.54. The third kappa shape index (κ3) is 5.08. The fraction of sp³-hybridized carbons (Fsp3) is 0.750. The van der Waals surface area contributed by atoms with Crippen LogP contribution in [0.3, 0.4) is 0 Å². The number of amides is 1. The van der Waals surface area contributed by atoms with Gasteiger partial charge in [0.15, 0.2) is 0 Å². The molecule has 0 aliphatic carbocycles. The van der Waals surface area contributed by atoms with Gasteiger partial charge in [0.25, 0.3) is 0 Å². The summed E-state index contributed by atoms with van der Waals surface area (Å²) in [6.07, 6.45) is 0.919. The Morgan fingerprint density at radius 3 is 2.06 bits per heavy atom. The van der Waals surface area contributed by atoms with Crippen molar-refractivity contribution in [2.75, 3.05) is 6.26 Å². The van der Waals surface area contributed by atoms with Gasteiger partial charge in [0.2, 0.25) is 15.9 Å². The lowest BCUT2D eigenvalue weighted by Gasteiger charge is -2.24. The smallest absolute Gasteiger partial charge is 0.325 e. The first kappa shape index (κ1) is 14.8. The molecule has 1 amide bonds. The van der Waals surface area contributed by atoms with E-state index in [1.807, 2.05) is 0 Å². The maximum absolute atomic E-state index is 11.6. The molecule has 7 nitrogen and oxygen atoms in total. The van der Waals surface area contributed by atoms with E-state index in [2.05, 4.69) is 10.0 Å². The fourth-order valence-electron chi connectivity index (χ4n) is 0.949. The summed E-state index contributed by atoms with van der Waals surface area (Å²) in [5.41, 5.74) is -1.39. The number of carboxylic acids is 1. The predicted octanol–water partition coefficient (Wildman–Crippen LogP) is -1.10. The van der Waals surface area contributed by atoms with Gasteiger partial charge < -0.3 is 10.4 Å². The minimum atomic E-state index is -3.54. The molecule has 0 aliphatic rings. The van der Waals surface area contributed by atoms with Crippen LogP contribution in [-0.2, 0) is 19.6 Å². The summed E-state index contributed by atoms with van der Waals surface area (Å²) in [5.74, 6) is -1.89. The van der Waals surface area contributed by atoms with E-state index in [0.29, 0.717) is 0 Å². The quantitative estimate of drug-likeness (QED) is 0.575. The van der Waals surface area contributed by atoms with Crippen LogP contribution in [-0.4, -0.2) is 43.2 Å². The van der Waals surface area contributed by atoms with E-state index in [-0.39, 0.29) is 0 Å². The van der Waals surface area contributed by atoms with Crippen molar-refractivity contribution in [3.63, 3.8) is 0 Å². The first-order valence-electron chi connectivity index (χ1n) is 4.48. The van der Waals surface area contributed by atoms with E-state index in [1.165, 1.54) is 20.8 Å². The van der Waals surface area contributed by atoms with Crippen LogP contribution in [0.5, 0.6) is 0 Å². The van der Waals surface area contributed by atoms with E-state index < -0.39 is 33.5 Å². The maximum Gasteiger partial charge on any atom is 0.325 e. The minimum absolute atomic E-state index is 0.701. The number of carbonyl (C=O) groups excluding carboxylic acids is 1. The summed E-state index contributed by atoms with van der Waals surface area (Å²) >= 11 is 0. The third-order valence-electron chi connectivity index (χ3n) is 1.73. The van der Waals surface area contributed by atoms with Crippen LogP contribution in [0.2, 0.25) is 0 Å². The maximum atomic E-state index is 11.6. The molecular formula is C8H16N2O5S. The molecule has 0 heterocycles. The second-order valence-corrected chi connectivity index (χ2v) is 5.78. The van der Waals surface area contributed by atoms with Gasteiger partial charge in [-0.3, -0.25) is 9.59 Å². The highest BCUT2D eigenvalue weighted by Gasteiger charge is 2.32. The lowest BCUT2D eigenvalue weighted by Crippen LogP contribution is -2.57. The number of hydrogen-bond donors (Lipinski definition) is 3. The van der Waals surface area contributed by atoms with Crippen LogP contribution in [0, 0.1) is 0 Å². The summed E-state index contributed by atoms with van der Waals surface area (Å²) in [6.45, 7) is 3.98. The molecule has 0 aromatic rings. The van der Waals surface area contributed by atoms with Gasteiger partial charge in [-0.05, 0) is 20.8 Å². The summed E-state index contributed by atoms with van der Waals surface area (Å²) in [4.78, 5) is 22.0. The van der Waals surface area contributed by atoms with E-state index in [4.69, 9.17) is 5.11 Å². The Labute approximate surface area is 94.3 Å². The van der Waals surface area contributed by atoms with Crippen molar-refractivity contribution in [2.24, 2.45) is 0 Å². The molecule has 0 bridgehead atoms. The van der Waals surface area contributed by atoms with Gasteiger partial charge >= 0.3 is 5.97 Å². The standard InChI is InChI=1S/C8H16N2O5S/c1-5(6(11)12)9-7(13)8(2,3)10-16(4,14)15/h5,10H,1-4H3,(H,9,13)(H,11,12)/t5-/m1/s1. The average Bonchev–Trinajstić information content (AvgIpc) is 1.98. The average molecular weight is 252 g/mol. The van der Waals surface area contributed by atoms with Gasteiger partial charge in [0.1, 0.15) is 11.6 Å². The first-order valence-corrected chi connectivity index (χ1v) is 6.37. The molecule has 8 heteroatoms. The molecule has 0 unspecified atom stereocenters. The molecule has 0 spiro atoms. The Bertz CT molecular complexity index is 387. The Kier molecular flexibility index (Phi) is 4.45. The van der Waals surface area contributed by atoms with Crippen LogP contribution in [0.15, 0.2) is 0 Å². The molecule has 0 saturated heterocycles. The zero-order valence-electron chi connectivity index (χ0n) is 9.57. The molecule has 16 heavy (non-hydrogen) atoms. The lowest BCUT2D eigenvalue weighted by molar-refractivity contribution is -0.142. The second-order valence-electron chi connectivity index (χ2n) is 4.03. The molecule has 1 atom stereocenters. The number of carbonyl (C=O) groups is 2. The zero-order chi connectivity index (χ0) is 13.1. The fourth-order valence-corrected chi connectivity index (χ4v) is 1.97. The number of rotatable bonds is 5. The van der Waals surface area contributed by atoms with Crippen molar-refractivity contribution in [3.05, 3.63) is 0 Å². The van der Waals surface area contributed by atoms with E-state index >= 15 is 0 Å². The van der Waals surface area contributed by atoms with E-state index in [1.54, 1.807) is 0 Å². The van der Waals surface area contributed by atoms with Crippen molar-refractivity contribution in [1.29, 1.82) is 0 Å². The van der Waals surface area contributed by atoms with Gasteiger partial charge in [-0.2, -0.15) is 0 Å². The predicted molar refractivity (Wildman–Crippen MR) is 57.3 cm³/mol. The largest absolute Gasteiger partial charge is 0.480 e. The SMILES string of the molecule is C[C@@H](NC(=O)C(C)(C)NS(C)(=O)=O)C(=O)O. The Hall–Kier alpha value is -1.15. The first-order chi connectivity index (χ1) is 6.96. The van der Waals surface area contributed by atoms with Crippen LogP contribution in [0.4, 0.5) is 0 Å². The van der Waals surface area contributed by atoms with Crippen LogP contribution >= 0.6 is 0 Å². The van der Waals surface area contributed by atoms with Crippen LogP contribution in [0.25, 0.3) is 0 Å². The highest BCUT2D eigenvalue weighted by Crippen LogP contribution is 2.04. The van der Waals surface area contributed by atoms with Gasteiger partial charge in [0.05, 0.1) is 6.26 Å². The van der Waals surface area contributed by atoms with Crippen molar-refractivity contribution in [2.45, 2.75) is 32.4 Å². The molecule has 94 valence electrons. The minimum Gasteiger partial charge on any atom is -0.480 e. The van der Waals surface area contributed by atoms with Gasteiger partial charge in [-0.15, -0.1) is 0 Å². The summed E-state index contributed by atoms with van der Waals surface area (Å²) in [6, 6.07) is -1.08. The number of nitrogens with one attached hydrogen (secondary N) is 2. The highest BCUT2D eigenvalue weighted by molar-refractivity contribution is 7.88. The Morgan fingerprint density at radius 1 is 1.31 bits per heavy atom. The molecule has 0 aliphatic heterocycles. The van der Waals surface area contributed by atoms with Crippen LogP contribution in [0.1, 0.15) is 20.8 Å². The monoisotopic (exact) mass is 252 g/mol. The molecular weight excluding hydrogens is 236 g/mol. The Balaban J connectivity index is 4.66. The molecule has 0 fully saturated rings. The molecule has 0 saturated carbocycles. The van der Waals surface area contributed by atoms with Crippen LogP contribution < -0.4 is 10.0 Å². The Morgan fingerprint density at radius 2 is 1.75 bits per heavy atom. The normalized spacial score (nSPS) is 14.2. The van der Waals surface area contributed by atoms with Gasteiger partial charge in [-0.1, -0.05) is 0 Å². The number of hydrogen-bond acceptors (Lipinski definition) is 4. The van der Waals surface area contributed by atoms with E-state index in [9.17, 15) is 18.0 Å². The topological polar surface area (TPSA) is 113 Å². The van der Waals surface area contributed by atoms with E-state index in [0.717, 1.165) is 6.26 Å². The van der Waals surface area contributed by atoms with Gasteiger partial charge in [0, 0.05) is 0 Å². The molecule has 0 radical (unpaired) electrons. The number of carboxylic acid groups (broad SMARTS) is 1. The zero-order valence-corrected chi connectivity index (χ0v) is 10.4. The lowest BCUT2D eigenvalue weighted by atomic mass is 10.1. The summed E-state index contributed by atoms with van der Waals surface area (Å²) < 4.78 is 24.0. The van der Waals surface area contributed by atoms with Crippen molar-refractivity contribution in [1.82, 2.24) is 10.0 Å². The second kappa shape index (κ2) is 4.79.